The third-order valence-electron chi connectivity index (χ3n) is 6.08. The van der Waals surface area contributed by atoms with Gasteiger partial charge in [0.25, 0.3) is 0 Å². The first-order valence-electron chi connectivity index (χ1n) is 10.6. The molecule has 31 heavy (non-hydrogen) atoms. The Morgan fingerprint density at radius 2 is 1.97 bits per heavy atom. The van der Waals surface area contributed by atoms with Crippen LogP contribution in [0, 0.1) is 5.92 Å². The molecule has 1 aromatic carbocycles. The molecule has 1 aliphatic carbocycles. The van der Waals surface area contributed by atoms with Crippen molar-refractivity contribution in [3.05, 3.63) is 76.2 Å². The van der Waals surface area contributed by atoms with Crippen LogP contribution in [0.25, 0.3) is 16.9 Å². The molecule has 6 heteroatoms. The Labute approximate surface area is 190 Å². The fraction of sp³-hybridized carbons (Fsp3) is 0.320. The van der Waals surface area contributed by atoms with Crippen LogP contribution in [0.4, 0.5) is 4.39 Å². The maximum absolute atomic E-state index is 13.0. The van der Waals surface area contributed by atoms with Crippen LogP contribution < -0.4 is 0 Å². The molecule has 0 unspecified atom stereocenters. The average molecular weight is 481 g/mol. The van der Waals surface area contributed by atoms with Gasteiger partial charge in [-0.2, -0.15) is 5.10 Å². The SMILES string of the molecule is C=N/C(=C\C=C(/C)c1cnn2cc(Br)c(C3CCC(CF)CC3)nc12)c1ccccc1. The van der Waals surface area contributed by atoms with Crippen molar-refractivity contribution < 1.29 is 4.39 Å². The summed E-state index contributed by atoms with van der Waals surface area (Å²) in [5, 5.41) is 4.49. The third kappa shape index (κ3) is 4.69. The topological polar surface area (TPSA) is 42.5 Å². The van der Waals surface area contributed by atoms with Gasteiger partial charge >= 0.3 is 0 Å². The fourth-order valence-electron chi connectivity index (χ4n) is 4.20. The number of hydrogen-bond donors (Lipinski definition) is 0. The summed E-state index contributed by atoms with van der Waals surface area (Å²) in [7, 11) is 0. The van der Waals surface area contributed by atoms with Gasteiger partial charge in [0, 0.05) is 23.2 Å². The highest BCUT2D eigenvalue weighted by atomic mass is 79.9. The van der Waals surface area contributed by atoms with Crippen molar-refractivity contribution in [1.82, 2.24) is 14.6 Å². The molecule has 0 N–H and O–H groups in total. The minimum Gasteiger partial charge on any atom is -0.264 e. The summed E-state index contributed by atoms with van der Waals surface area (Å²) in [6.07, 6.45) is 11.6. The molecular weight excluding hydrogens is 455 g/mol. The molecule has 1 aliphatic rings. The molecule has 0 amide bonds. The Morgan fingerprint density at radius 3 is 2.65 bits per heavy atom. The molecule has 4 rings (SSSR count). The normalized spacial score (nSPS) is 20.2. The van der Waals surface area contributed by atoms with E-state index in [0.29, 0.717) is 5.92 Å². The second-order valence-corrected chi connectivity index (χ2v) is 8.95. The van der Waals surface area contributed by atoms with E-state index < -0.39 is 0 Å². The van der Waals surface area contributed by atoms with E-state index in [0.717, 1.165) is 63.9 Å². The Bertz CT molecular complexity index is 1130. The average Bonchev–Trinajstić information content (AvgIpc) is 3.22. The first-order chi connectivity index (χ1) is 15.1. The zero-order valence-electron chi connectivity index (χ0n) is 17.6. The van der Waals surface area contributed by atoms with Crippen molar-refractivity contribution in [3.63, 3.8) is 0 Å². The van der Waals surface area contributed by atoms with Crippen LogP contribution in [-0.2, 0) is 0 Å². The first-order valence-corrected chi connectivity index (χ1v) is 11.4. The minimum atomic E-state index is -0.213. The van der Waals surface area contributed by atoms with Gasteiger partial charge in [-0.05, 0) is 72.8 Å². The van der Waals surface area contributed by atoms with Crippen LogP contribution >= 0.6 is 15.9 Å². The Morgan fingerprint density at radius 1 is 1.23 bits per heavy atom. The smallest absolute Gasteiger partial charge is 0.162 e. The lowest BCUT2D eigenvalue weighted by atomic mass is 9.81. The number of allylic oxidation sites excluding steroid dienone is 3. The number of nitrogens with zero attached hydrogens (tertiary/aromatic N) is 4. The molecule has 0 spiro atoms. The van der Waals surface area contributed by atoms with Crippen LogP contribution in [0.5, 0.6) is 0 Å². The largest absolute Gasteiger partial charge is 0.264 e. The van der Waals surface area contributed by atoms with E-state index in [4.69, 9.17) is 4.98 Å². The number of rotatable bonds is 6. The van der Waals surface area contributed by atoms with E-state index in [1.165, 1.54) is 0 Å². The summed E-state index contributed by atoms with van der Waals surface area (Å²) in [6.45, 7) is 5.55. The number of hydrogen-bond acceptors (Lipinski definition) is 3. The summed E-state index contributed by atoms with van der Waals surface area (Å²) in [5.74, 6) is 0.558. The molecule has 1 fully saturated rings. The van der Waals surface area contributed by atoms with Crippen molar-refractivity contribution >= 4 is 39.6 Å². The molecule has 0 bridgehead atoms. The monoisotopic (exact) mass is 480 g/mol. The molecule has 4 nitrogen and oxygen atoms in total. The zero-order valence-corrected chi connectivity index (χ0v) is 19.2. The van der Waals surface area contributed by atoms with Gasteiger partial charge in [-0.3, -0.25) is 9.38 Å². The highest BCUT2D eigenvalue weighted by Crippen LogP contribution is 2.38. The summed E-state index contributed by atoms with van der Waals surface area (Å²) in [6, 6.07) is 9.99. The number of alkyl halides is 1. The van der Waals surface area contributed by atoms with Crippen molar-refractivity contribution in [2.45, 2.75) is 38.5 Å². The lowest BCUT2D eigenvalue weighted by Gasteiger charge is -2.27. The van der Waals surface area contributed by atoms with Gasteiger partial charge in [0.1, 0.15) is 0 Å². The lowest BCUT2D eigenvalue weighted by molar-refractivity contribution is 0.261. The molecule has 3 aromatic rings. The van der Waals surface area contributed by atoms with Crippen LogP contribution in [0.1, 0.15) is 55.3 Å². The first kappa shape index (κ1) is 21.6. The van der Waals surface area contributed by atoms with E-state index in [-0.39, 0.29) is 12.6 Å². The number of fused-ring (bicyclic) bond motifs is 1. The summed E-state index contributed by atoms with van der Waals surface area (Å²) in [4.78, 5) is 9.17. The molecule has 0 atom stereocenters. The third-order valence-corrected chi connectivity index (χ3v) is 6.69. The van der Waals surface area contributed by atoms with E-state index in [1.807, 2.05) is 54.9 Å². The van der Waals surface area contributed by atoms with Crippen LogP contribution in [0.15, 0.2) is 64.3 Å². The molecule has 0 saturated heterocycles. The quantitative estimate of drug-likeness (QED) is 0.285. The Hall–Kier alpha value is -2.60. The number of aliphatic imine (C=N–C) groups is 1. The van der Waals surface area contributed by atoms with Crippen molar-refractivity contribution in [1.29, 1.82) is 0 Å². The fourth-order valence-corrected chi connectivity index (χ4v) is 4.81. The maximum atomic E-state index is 13.0. The highest BCUT2D eigenvalue weighted by molar-refractivity contribution is 9.10. The molecule has 2 aromatic heterocycles. The van der Waals surface area contributed by atoms with E-state index in [2.05, 4.69) is 39.7 Å². The number of aromatic nitrogens is 3. The standard InChI is InChI=1S/C25H26BrFN4/c1-17(8-13-23(28-2)19-6-4-3-5-7-19)21-15-29-31-16-22(26)24(30-25(21)31)20-11-9-18(14-27)10-12-20/h3-8,13,15-16,18,20H,2,9-12,14H2,1H3/b17-8+,23-13-. The summed E-state index contributed by atoms with van der Waals surface area (Å²) in [5.41, 5.74) is 5.76. The molecular formula is C25H26BrFN4. The molecule has 0 aliphatic heterocycles. The molecule has 160 valence electrons. The molecule has 1 saturated carbocycles. The van der Waals surface area contributed by atoms with Crippen LogP contribution in [-0.4, -0.2) is 28.0 Å². The Kier molecular flexibility index (Phi) is 6.76. The van der Waals surface area contributed by atoms with E-state index in [9.17, 15) is 4.39 Å². The van der Waals surface area contributed by atoms with Gasteiger partial charge < -0.3 is 0 Å². The minimum absolute atomic E-state index is 0.207. The van der Waals surface area contributed by atoms with Gasteiger partial charge in [-0.1, -0.05) is 36.4 Å². The van der Waals surface area contributed by atoms with Crippen molar-refractivity contribution in [2.75, 3.05) is 6.67 Å². The van der Waals surface area contributed by atoms with E-state index >= 15 is 0 Å². The number of halogens is 2. The van der Waals surface area contributed by atoms with Gasteiger partial charge in [-0.15, -0.1) is 0 Å². The molecule has 2 heterocycles. The lowest BCUT2D eigenvalue weighted by Crippen LogP contribution is -2.16. The number of benzene rings is 1. The zero-order chi connectivity index (χ0) is 21.8. The van der Waals surface area contributed by atoms with Crippen LogP contribution in [0.3, 0.4) is 0 Å². The van der Waals surface area contributed by atoms with Gasteiger partial charge in [0.2, 0.25) is 0 Å². The predicted molar refractivity (Wildman–Crippen MR) is 129 cm³/mol. The van der Waals surface area contributed by atoms with Gasteiger partial charge in [0.05, 0.1) is 28.7 Å². The van der Waals surface area contributed by atoms with Gasteiger partial charge in [0.15, 0.2) is 5.65 Å². The van der Waals surface area contributed by atoms with Crippen molar-refractivity contribution in [3.8, 4) is 0 Å². The van der Waals surface area contributed by atoms with Crippen molar-refractivity contribution in [2.24, 2.45) is 10.9 Å². The summed E-state index contributed by atoms with van der Waals surface area (Å²) >= 11 is 3.68. The van der Waals surface area contributed by atoms with Gasteiger partial charge in [-0.25, -0.2) is 9.50 Å². The summed E-state index contributed by atoms with van der Waals surface area (Å²) < 4.78 is 15.8. The maximum Gasteiger partial charge on any atom is 0.162 e. The Balaban J connectivity index is 1.65. The highest BCUT2D eigenvalue weighted by Gasteiger charge is 2.25. The van der Waals surface area contributed by atoms with E-state index in [1.54, 1.807) is 4.52 Å². The van der Waals surface area contributed by atoms with Crippen LogP contribution in [0.2, 0.25) is 0 Å². The molecule has 0 radical (unpaired) electrons. The predicted octanol–water partition coefficient (Wildman–Crippen LogP) is 6.88. The second kappa shape index (κ2) is 9.69. The second-order valence-electron chi connectivity index (χ2n) is 8.10.